The molecule has 1 rings (SSSR count). The van der Waals surface area contributed by atoms with Crippen LogP contribution >= 0.6 is 0 Å². The van der Waals surface area contributed by atoms with Crippen LogP contribution in [0.2, 0.25) is 0 Å². The van der Waals surface area contributed by atoms with E-state index < -0.39 is 29.9 Å². The summed E-state index contributed by atoms with van der Waals surface area (Å²) in [7, 11) is 0. The van der Waals surface area contributed by atoms with Crippen molar-refractivity contribution in [2.45, 2.75) is 32.9 Å². The highest BCUT2D eigenvalue weighted by atomic mass is 19.3. The van der Waals surface area contributed by atoms with E-state index in [1.165, 1.54) is 0 Å². The normalized spacial score (nSPS) is 12.7. The fraction of sp³-hybridized carbons (Fsp3) is 0.727. The Labute approximate surface area is 114 Å². The molecular weight excluding hydrogens is 276 g/mol. The van der Waals surface area contributed by atoms with Gasteiger partial charge in [0.25, 0.3) is 6.43 Å². The van der Waals surface area contributed by atoms with Crippen molar-refractivity contribution in [3.05, 3.63) is 11.4 Å². The zero-order valence-electron chi connectivity index (χ0n) is 11.3. The van der Waals surface area contributed by atoms with E-state index in [0.717, 1.165) is 4.68 Å². The number of hydrogen-bond acceptors (Lipinski definition) is 6. The number of aliphatic hydroxyl groups is 1. The Morgan fingerprint density at radius 3 is 2.65 bits per heavy atom. The molecule has 7 nitrogen and oxygen atoms in total. The van der Waals surface area contributed by atoms with Gasteiger partial charge in [0.15, 0.2) is 5.69 Å². The molecule has 20 heavy (non-hydrogen) atoms. The van der Waals surface area contributed by atoms with Gasteiger partial charge in [0.05, 0.1) is 25.9 Å². The van der Waals surface area contributed by atoms with E-state index in [0.29, 0.717) is 6.61 Å². The zero-order chi connectivity index (χ0) is 15.1. The second-order valence-electron chi connectivity index (χ2n) is 3.84. The molecule has 0 saturated carbocycles. The molecule has 1 atom stereocenters. The van der Waals surface area contributed by atoms with Crippen molar-refractivity contribution in [3.63, 3.8) is 0 Å². The van der Waals surface area contributed by atoms with Crippen LogP contribution in [0.15, 0.2) is 0 Å². The fourth-order valence-corrected chi connectivity index (χ4v) is 1.52. The van der Waals surface area contributed by atoms with Gasteiger partial charge in [-0.25, -0.2) is 18.3 Å². The number of halogens is 2. The number of ether oxygens (including phenoxy) is 2. The largest absolute Gasteiger partial charge is 0.461 e. The highest BCUT2D eigenvalue weighted by Gasteiger charge is 2.28. The standard InChI is InChI=1S/C11H17F2N3O4/c1-3-19-6-7(17)5-16-9(10(12)13)8(14-15-16)11(18)20-4-2/h7,10,17H,3-6H2,1-2H3. The van der Waals surface area contributed by atoms with Gasteiger partial charge in [0.1, 0.15) is 5.69 Å². The van der Waals surface area contributed by atoms with E-state index >= 15 is 0 Å². The number of carbonyl (C=O) groups is 1. The summed E-state index contributed by atoms with van der Waals surface area (Å²) in [4.78, 5) is 11.5. The van der Waals surface area contributed by atoms with Gasteiger partial charge in [-0.2, -0.15) is 0 Å². The molecule has 1 N–H and O–H groups in total. The predicted molar refractivity (Wildman–Crippen MR) is 63.4 cm³/mol. The van der Waals surface area contributed by atoms with Crippen LogP contribution < -0.4 is 0 Å². The van der Waals surface area contributed by atoms with Crippen LogP contribution in [0.25, 0.3) is 0 Å². The topological polar surface area (TPSA) is 86.5 Å². The Kier molecular flexibility index (Phi) is 6.46. The molecule has 1 heterocycles. The average Bonchev–Trinajstić information content (AvgIpc) is 2.80. The lowest BCUT2D eigenvalue weighted by Gasteiger charge is -2.12. The maximum Gasteiger partial charge on any atom is 0.361 e. The van der Waals surface area contributed by atoms with Crippen LogP contribution in [0.1, 0.15) is 36.5 Å². The molecule has 0 aliphatic heterocycles. The number of nitrogens with zero attached hydrogens (tertiary/aromatic N) is 3. The Morgan fingerprint density at radius 2 is 2.10 bits per heavy atom. The van der Waals surface area contributed by atoms with Gasteiger partial charge in [0.2, 0.25) is 0 Å². The molecule has 0 fully saturated rings. The van der Waals surface area contributed by atoms with Crippen LogP contribution in [-0.2, 0) is 16.0 Å². The summed E-state index contributed by atoms with van der Waals surface area (Å²) in [5.74, 6) is -0.964. The van der Waals surface area contributed by atoms with Crippen molar-refractivity contribution in [2.75, 3.05) is 19.8 Å². The Hall–Kier alpha value is -1.61. The average molecular weight is 293 g/mol. The summed E-state index contributed by atoms with van der Waals surface area (Å²) in [5.41, 5.74) is -1.20. The maximum atomic E-state index is 13.0. The molecule has 9 heteroatoms. The summed E-state index contributed by atoms with van der Waals surface area (Å²) in [5, 5.41) is 16.5. The third kappa shape index (κ3) is 4.20. The molecule has 0 aromatic carbocycles. The number of alkyl halides is 2. The molecule has 0 aliphatic carbocycles. The van der Waals surface area contributed by atoms with Crippen molar-refractivity contribution in [3.8, 4) is 0 Å². The Bertz CT molecular complexity index is 439. The van der Waals surface area contributed by atoms with Crippen molar-refractivity contribution < 1.29 is 28.2 Å². The molecule has 1 aromatic heterocycles. The number of carbonyl (C=O) groups excluding carboxylic acids is 1. The summed E-state index contributed by atoms with van der Waals surface area (Å²) >= 11 is 0. The molecule has 0 radical (unpaired) electrons. The van der Waals surface area contributed by atoms with E-state index in [4.69, 9.17) is 4.74 Å². The minimum absolute atomic E-state index is 0.0201. The Morgan fingerprint density at radius 1 is 1.40 bits per heavy atom. The lowest BCUT2D eigenvalue weighted by atomic mass is 10.3. The first-order valence-electron chi connectivity index (χ1n) is 6.15. The number of aliphatic hydroxyl groups excluding tert-OH is 1. The molecule has 114 valence electrons. The second kappa shape index (κ2) is 7.85. The van der Waals surface area contributed by atoms with Gasteiger partial charge < -0.3 is 14.6 Å². The minimum Gasteiger partial charge on any atom is -0.461 e. The first-order chi connectivity index (χ1) is 9.51. The molecule has 0 saturated heterocycles. The van der Waals surface area contributed by atoms with E-state index in [1.807, 2.05) is 0 Å². The van der Waals surface area contributed by atoms with Crippen molar-refractivity contribution in [1.82, 2.24) is 15.0 Å². The lowest BCUT2D eigenvalue weighted by molar-refractivity contribution is 0.0284. The second-order valence-corrected chi connectivity index (χ2v) is 3.84. The lowest BCUT2D eigenvalue weighted by Crippen LogP contribution is -2.24. The molecule has 0 spiro atoms. The van der Waals surface area contributed by atoms with Crippen molar-refractivity contribution >= 4 is 5.97 Å². The summed E-state index contributed by atoms with van der Waals surface area (Å²) in [6, 6.07) is 0. The molecule has 0 amide bonds. The third-order valence-corrected chi connectivity index (χ3v) is 2.35. The molecule has 1 aromatic rings. The summed E-state index contributed by atoms with van der Waals surface area (Å²) < 4.78 is 36.4. The van der Waals surface area contributed by atoms with Gasteiger partial charge in [-0.05, 0) is 13.8 Å². The Balaban J connectivity index is 2.89. The number of esters is 1. The van der Waals surface area contributed by atoms with Crippen LogP contribution in [0.5, 0.6) is 0 Å². The highest BCUT2D eigenvalue weighted by molar-refractivity contribution is 5.88. The van der Waals surface area contributed by atoms with Crippen LogP contribution in [0.4, 0.5) is 8.78 Å². The number of aromatic nitrogens is 3. The predicted octanol–water partition coefficient (Wildman–Crippen LogP) is 0.790. The molecule has 0 bridgehead atoms. The fourth-order valence-electron chi connectivity index (χ4n) is 1.52. The molecule has 1 unspecified atom stereocenters. The summed E-state index contributed by atoms with van der Waals surface area (Å²) in [6.07, 6.45) is -3.98. The zero-order valence-corrected chi connectivity index (χ0v) is 11.3. The third-order valence-electron chi connectivity index (χ3n) is 2.35. The SMILES string of the molecule is CCOCC(O)Cn1nnc(C(=O)OCC)c1C(F)F. The van der Waals surface area contributed by atoms with Crippen LogP contribution in [-0.4, -0.2) is 52.0 Å². The van der Waals surface area contributed by atoms with Gasteiger partial charge >= 0.3 is 5.97 Å². The van der Waals surface area contributed by atoms with Crippen molar-refractivity contribution in [1.29, 1.82) is 0 Å². The van der Waals surface area contributed by atoms with E-state index in [-0.39, 0.29) is 19.8 Å². The number of rotatable bonds is 8. The van der Waals surface area contributed by atoms with Gasteiger partial charge in [-0.1, -0.05) is 5.21 Å². The molecular formula is C11H17F2N3O4. The van der Waals surface area contributed by atoms with Gasteiger partial charge in [-0.15, -0.1) is 5.10 Å². The molecule has 0 aliphatic rings. The van der Waals surface area contributed by atoms with Crippen LogP contribution in [0.3, 0.4) is 0 Å². The first-order valence-corrected chi connectivity index (χ1v) is 6.15. The van der Waals surface area contributed by atoms with E-state index in [9.17, 15) is 18.7 Å². The minimum atomic E-state index is -2.95. The summed E-state index contributed by atoms with van der Waals surface area (Å²) in [6.45, 7) is 3.47. The first kappa shape index (κ1) is 16.4. The van der Waals surface area contributed by atoms with Crippen molar-refractivity contribution in [2.24, 2.45) is 0 Å². The smallest absolute Gasteiger partial charge is 0.361 e. The monoisotopic (exact) mass is 293 g/mol. The van der Waals surface area contributed by atoms with Crippen LogP contribution in [0, 0.1) is 0 Å². The van der Waals surface area contributed by atoms with Gasteiger partial charge in [-0.3, -0.25) is 0 Å². The highest BCUT2D eigenvalue weighted by Crippen LogP contribution is 2.22. The number of hydrogen-bond donors (Lipinski definition) is 1. The maximum absolute atomic E-state index is 13.0. The van der Waals surface area contributed by atoms with Gasteiger partial charge in [0, 0.05) is 6.61 Å². The van der Waals surface area contributed by atoms with E-state index in [2.05, 4.69) is 15.0 Å². The van der Waals surface area contributed by atoms with E-state index in [1.54, 1.807) is 13.8 Å². The quantitative estimate of drug-likeness (QED) is 0.713.